The molecular formula is C17H19NO3S. The molecule has 0 aliphatic heterocycles. The van der Waals surface area contributed by atoms with Crippen LogP contribution in [0.3, 0.4) is 0 Å². The summed E-state index contributed by atoms with van der Waals surface area (Å²) in [5.74, 6) is -0.111. The number of hydrogen-bond acceptors (Lipinski definition) is 3. The number of carbonyl (C=O) groups excluding carboxylic acids is 1. The molecule has 5 heteroatoms. The first-order chi connectivity index (χ1) is 10.4. The van der Waals surface area contributed by atoms with Gasteiger partial charge in [-0.25, -0.2) is 13.1 Å². The Morgan fingerprint density at radius 3 is 2.14 bits per heavy atom. The van der Waals surface area contributed by atoms with Crippen LogP contribution in [-0.4, -0.2) is 14.2 Å². The second-order valence-corrected chi connectivity index (χ2v) is 7.12. The number of sulfonamides is 1. The average Bonchev–Trinajstić information content (AvgIpc) is 2.53. The molecule has 22 heavy (non-hydrogen) atoms. The molecule has 0 aliphatic rings. The van der Waals surface area contributed by atoms with E-state index in [1.165, 1.54) is 12.1 Å². The zero-order chi connectivity index (χ0) is 16.2. The number of rotatable bonds is 6. The van der Waals surface area contributed by atoms with Crippen LogP contribution in [0.25, 0.3) is 0 Å². The summed E-state index contributed by atoms with van der Waals surface area (Å²) in [6.45, 7) is 3.86. The number of carbonyl (C=O) groups is 1. The van der Waals surface area contributed by atoms with Crippen molar-refractivity contribution in [2.75, 3.05) is 0 Å². The van der Waals surface area contributed by atoms with E-state index in [9.17, 15) is 13.2 Å². The molecule has 0 aliphatic carbocycles. The van der Waals surface area contributed by atoms with Crippen LogP contribution in [0, 0.1) is 5.92 Å². The smallest absolute Gasteiger partial charge is 0.240 e. The average molecular weight is 317 g/mol. The summed E-state index contributed by atoms with van der Waals surface area (Å²) in [7, 11) is -3.58. The van der Waals surface area contributed by atoms with Gasteiger partial charge in [-0.05, 0) is 17.7 Å². The highest BCUT2D eigenvalue weighted by Crippen LogP contribution is 2.14. The Morgan fingerprint density at radius 1 is 1.00 bits per heavy atom. The van der Waals surface area contributed by atoms with E-state index >= 15 is 0 Å². The highest BCUT2D eigenvalue weighted by molar-refractivity contribution is 7.89. The van der Waals surface area contributed by atoms with Crippen molar-refractivity contribution in [2.45, 2.75) is 25.3 Å². The molecule has 0 saturated heterocycles. The fourth-order valence-electron chi connectivity index (χ4n) is 1.99. The SMILES string of the molecule is CC(C)C(=O)c1ccc(S(=O)(=O)NCc2ccccc2)cc1. The fourth-order valence-corrected chi connectivity index (χ4v) is 3.01. The predicted molar refractivity (Wildman–Crippen MR) is 86.1 cm³/mol. The van der Waals surface area contributed by atoms with Crippen LogP contribution >= 0.6 is 0 Å². The van der Waals surface area contributed by atoms with Crippen LogP contribution in [0.4, 0.5) is 0 Å². The Kier molecular flexibility index (Phi) is 5.11. The van der Waals surface area contributed by atoms with Crippen LogP contribution in [0.2, 0.25) is 0 Å². The quantitative estimate of drug-likeness (QED) is 0.833. The summed E-state index contributed by atoms with van der Waals surface area (Å²) in [4.78, 5) is 12.0. The molecule has 0 unspecified atom stereocenters. The van der Waals surface area contributed by atoms with E-state index < -0.39 is 10.0 Å². The molecule has 2 rings (SSSR count). The molecule has 1 N–H and O–H groups in total. The zero-order valence-electron chi connectivity index (χ0n) is 12.6. The molecule has 0 amide bonds. The monoisotopic (exact) mass is 317 g/mol. The van der Waals surface area contributed by atoms with Gasteiger partial charge in [0.1, 0.15) is 0 Å². The third kappa shape index (κ3) is 4.02. The van der Waals surface area contributed by atoms with Gasteiger partial charge in [0.15, 0.2) is 5.78 Å². The van der Waals surface area contributed by atoms with Crippen molar-refractivity contribution in [1.29, 1.82) is 0 Å². The van der Waals surface area contributed by atoms with Gasteiger partial charge in [-0.15, -0.1) is 0 Å². The van der Waals surface area contributed by atoms with Gasteiger partial charge in [-0.1, -0.05) is 56.3 Å². The Hall–Kier alpha value is -1.98. The van der Waals surface area contributed by atoms with E-state index in [4.69, 9.17) is 0 Å². The van der Waals surface area contributed by atoms with Gasteiger partial charge in [-0.2, -0.15) is 0 Å². The molecular weight excluding hydrogens is 298 g/mol. The maximum atomic E-state index is 12.2. The van der Waals surface area contributed by atoms with E-state index in [1.54, 1.807) is 12.1 Å². The molecule has 0 aromatic heterocycles. The lowest BCUT2D eigenvalue weighted by Crippen LogP contribution is -2.23. The second-order valence-electron chi connectivity index (χ2n) is 5.35. The van der Waals surface area contributed by atoms with Crippen molar-refractivity contribution in [1.82, 2.24) is 4.72 Å². The van der Waals surface area contributed by atoms with E-state index in [2.05, 4.69) is 4.72 Å². The van der Waals surface area contributed by atoms with Gasteiger partial charge in [0.05, 0.1) is 4.90 Å². The van der Waals surface area contributed by atoms with Crippen molar-refractivity contribution < 1.29 is 13.2 Å². The zero-order valence-corrected chi connectivity index (χ0v) is 13.4. The first kappa shape index (κ1) is 16.4. The van der Waals surface area contributed by atoms with Crippen molar-refractivity contribution >= 4 is 15.8 Å². The van der Waals surface area contributed by atoms with Crippen molar-refractivity contribution in [3.05, 3.63) is 65.7 Å². The first-order valence-corrected chi connectivity index (χ1v) is 8.56. The third-order valence-corrected chi connectivity index (χ3v) is 4.70. The Bertz CT molecular complexity index is 735. The molecule has 0 saturated carbocycles. The maximum absolute atomic E-state index is 12.2. The Labute approximate surface area is 131 Å². The molecule has 0 spiro atoms. The van der Waals surface area contributed by atoms with Crippen LogP contribution in [0.1, 0.15) is 29.8 Å². The summed E-state index contributed by atoms with van der Waals surface area (Å²) in [5, 5.41) is 0. The predicted octanol–water partition coefficient (Wildman–Crippen LogP) is 3.00. The molecule has 2 aromatic carbocycles. The van der Waals surface area contributed by atoms with Crippen molar-refractivity contribution in [2.24, 2.45) is 5.92 Å². The van der Waals surface area contributed by atoms with Crippen LogP contribution < -0.4 is 4.72 Å². The molecule has 0 radical (unpaired) electrons. The van der Waals surface area contributed by atoms with Crippen molar-refractivity contribution in [3.63, 3.8) is 0 Å². The number of ketones is 1. The van der Waals surface area contributed by atoms with E-state index in [0.29, 0.717) is 5.56 Å². The minimum atomic E-state index is -3.58. The van der Waals surface area contributed by atoms with Crippen molar-refractivity contribution in [3.8, 4) is 0 Å². The lowest BCUT2D eigenvalue weighted by molar-refractivity contribution is 0.0939. The minimum Gasteiger partial charge on any atom is -0.294 e. The number of nitrogens with one attached hydrogen (secondary N) is 1. The second kappa shape index (κ2) is 6.85. The van der Waals surface area contributed by atoms with Gasteiger partial charge in [0.25, 0.3) is 0 Å². The maximum Gasteiger partial charge on any atom is 0.240 e. The third-order valence-electron chi connectivity index (χ3n) is 3.28. The normalized spacial score (nSPS) is 11.6. The number of hydrogen-bond donors (Lipinski definition) is 1. The fraction of sp³-hybridized carbons (Fsp3) is 0.235. The standard InChI is InChI=1S/C17H19NO3S/c1-13(2)17(19)15-8-10-16(11-9-15)22(20,21)18-12-14-6-4-3-5-7-14/h3-11,13,18H,12H2,1-2H3. The summed E-state index contributed by atoms with van der Waals surface area (Å²) in [6, 6.07) is 15.3. The van der Waals surface area contributed by atoms with Gasteiger partial charge >= 0.3 is 0 Å². The summed E-state index contributed by atoms with van der Waals surface area (Å²) in [6.07, 6.45) is 0. The largest absolute Gasteiger partial charge is 0.294 e. The van der Waals surface area contributed by atoms with E-state index in [0.717, 1.165) is 5.56 Å². The summed E-state index contributed by atoms with van der Waals surface area (Å²) >= 11 is 0. The van der Waals surface area contributed by atoms with Gasteiger partial charge < -0.3 is 0 Å². The summed E-state index contributed by atoms with van der Waals surface area (Å²) < 4.78 is 27.0. The van der Waals surface area contributed by atoms with Crippen LogP contribution in [0.15, 0.2) is 59.5 Å². The number of Topliss-reactive ketones (excluding diaryl/α,β-unsaturated/α-hetero) is 1. The van der Waals surface area contributed by atoms with Gasteiger partial charge in [0.2, 0.25) is 10.0 Å². The Balaban J connectivity index is 2.11. The topological polar surface area (TPSA) is 63.2 Å². The lowest BCUT2D eigenvalue weighted by atomic mass is 10.0. The van der Waals surface area contributed by atoms with Crippen LogP contribution in [-0.2, 0) is 16.6 Å². The Morgan fingerprint density at radius 2 is 1.59 bits per heavy atom. The number of benzene rings is 2. The molecule has 0 atom stereocenters. The van der Waals surface area contributed by atoms with E-state index in [1.807, 2.05) is 44.2 Å². The molecule has 2 aromatic rings. The molecule has 0 heterocycles. The highest BCUT2D eigenvalue weighted by Gasteiger charge is 2.15. The molecule has 116 valence electrons. The summed E-state index contributed by atoms with van der Waals surface area (Å²) in [5.41, 5.74) is 1.41. The first-order valence-electron chi connectivity index (χ1n) is 7.08. The minimum absolute atomic E-state index is 0.00110. The van der Waals surface area contributed by atoms with Gasteiger partial charge in [0, 0.05) is 18.0 Å². The highest BCUT2D eigenvalue weighted by atomic mass is 32.2. The van der Waals surface area contributed by atoms with Crippen LogP contribution in [0.5, 0.6) is 0 Å². The molecule has 0 fully saturated rings. The van der Waals surface area contributed by atoms with E-state index in [-0.39, 0.29) is 23.1 Å². The molecule has 0 bridgehead atoms. The molecule has 4 nitrogen and oxygen atoms in total. The lowest BCUT2D eigenvalue weighted by Gasteiger charge is -2.08. The van der Waals surface area contributed by atoms with Gasteiger partial charge in [-0.3, -0.25) is 4.79 Å².